The number of benzene rings is 1. The molecule has 4 heteroatoms. The first-order valence-corrected chi connectivity index (χ1v) is 5.83. The van der Waals surface area contributed by atoms with Crippen LogP contribution in [0.5, 0.6) is 0 Å². The van der Waals surface area contributed by atoms with E-state index < -0.39 is 17.3 Å². The molecule has 1 amide bonds. The smallest absolute Gasteiger partial charge is 0.318 e. The fourth-order valence-electron chi connectivity index (χ4n) is 1.41. The summed E-state index contributed by atoms with van der Waals surface area (Å²) in [5.74, 6) is -1.60. The maximum atomic E-state index is 11.7. The molecule has 0 fully saturated rings. The largest absolute Gasteiger partial charge is 0.480 e. The fourth-order valence-corrected chi connectivity index (χ4v) is 1.41. The van der Waals surface area contributed by atoms with Gasteiger partial charge in [0.2, 0.25) is 5.91 Å². The van der Waals surface area contributed by atoms with Crippen molar-refractivity contribution in [1.29, 1.82) is 0 Å². The Hall–Kier alpha value is -1.84. The van der Waals surface area contributed by atoms with Crippen LogP contribution >= 0.6 is 0 Å². The molecule has 0 saturated carbocycles. The topological polar surface area (TPSA) is 66.4 Å². The summed E-state index contributed by atoms with van der Waals surface area (Å²) < 4.78 is 0. The number of carbonyl (C=O) groups excluding carboxylic acids is 1. The van der Waals surface area contributed by atoms with E-state index in [0.29, 0.717) is 6.54 Å². The van der Waals surface area contributed by atoms with Crippen LogP contribution in [0.15, 0.2) is 18.2 Å². The van der Waals surface area contributed by atoms with Crippen molar-refractivity contribution in [3.63, 3.8) is 0 Å². The number of carboxylic acids is 1. The molecule has 0 aliphatic rings. The molecule has 4 nitrogen and oxygen atoms in total. The van der Waals surface area contributed by atoms with Gasteiger partial charge in [-0.05, 0) is 44.4 Å². The van der Waals surface area contributed by atoms with Crippen LogP contribution in [0.1, 0.15) is 30.5 Å². The van der Waals surface area contributed by atoms with Gasteiger partial charge in [-0.2, -0.15) is 0 Å². The number of carbonyl (C=O) groups is 2. The van der Waals surface area contributed by atoms with Gasteiger partial charge in [0.25, 0.3) is 0 Å². The fraction of sp³-hybridized carbons (Fsp3) is 0.429. The third-order valence-corrected chi connectivity index (χ3v) is 3.13. The molecule has 0 heterocycles. The third-order valence-electron chi connectivity index (χ3n) is 3.13. The molecule has 18 heavy (non-hydrogen) atoms. The van der Waals surface area contributed by atoms with Crippen molar-refractivity contribution < 1.29 is 14.7 Å². The van der Waals surface area contributed by atoms with E-state index in [-0.39, 0.29) is 0 Å². The Morgan fingerprint density at radius 2 is 1.83 bits per heavy atom. The number of hydrogen-bond acceptors (Lipinski definition) is 2. The average Bonchev–Trinajstić information content (AvgIpc) is 2.30. The van der Waals surface area contributed by atoms with E-state index in [1.54, 1.807) is 0 Å². The lowest BCUT2D eigenvalue weighted by molar-refractivity contribution is -0.153. The Kier molecular flexibility index (Phi) is 4.11. The van der Waals surface area contributed by atoms with Crippen LogP contribution in [0.2, 0.25) is 0 Å². The van der Waals surface area contributed by atoms with E-state index in [1.165, 1.54) is 19.4 Å². The van der Waals surface area contributed by atoms with Gasteiger partial charge in [-0.15, -0.1) is 0 Å². The van der Waals surface area contributed by atoms with Gasteiger partial charge in [0, 0.05) is 6.54 Å². The molecule has 2 N–H and O–H groups in total. The molecule has 0 aliphatic heterocycles. The maximum absolute atomic E-state index is 11.7. The maximum Gasteiger partial charge on any atom is 0.318 e. The van der Waals surface area contributed by atoms with Gasteiger partial charge >= 0.3 is 5.97 Å². The van der Waals surface area contributed by atoms with Crippen molar-refractivity contribution in [2.45, 2.75) is 34.2 Å². The highest BCUT2D eigenvalue weighted by Gasteiger charge is 2.35. The summed E-state index contributed by atoms with van der Waals surface area (Å²) in [6.45, 7) is 7.15. The summed E-state index contributed by atoms with van der Waals surface area (Å²) in [5, 5.41) is 11.6. The minimum absolute atomic E-state index is 0.344. The van der Waals surface area contributed by atoms with Gasteiger partial charge < -0.3 is 10.4 Å². The lowest BCUT2D eigenvalue weighted by Gasteiger charge is -2.18. The first-order chi connectivity index (χ1) is 8.25. The second-order valence-corrected chi connectivity index (χ2v) is 5.03. The monoisotopic (exact) mass is 249 g/mol. The van der Waals surface area contributed by atoms with Crippen LogP contribution in [-0.2, 0) is 16.1 Å². The van der Waals surface area contributed by atoms with Crippen LogP contribution in [0.25, 0.3) is 0 Å². The number of aryl methyl sites for hydroxylation is 2. The standard InChI is InChI=1S/C14H19NO3/c1-9-5-6-11(7-10(9)2)8-15-12(16)14(3,4)13(17)18/h5-7H,8H2,1-4H3,(H,15,16)(H,17,18). The Morgan fingerprint density at radius 1 is 1.22 bits per heavy atom. The zero-order chi connectivity index (χ0) is 13.9. The molecule has 0 atom stereocenters. The van der Waals surface area contributed by atoms with Gasteiger partial charge in [0.05, 0.1) is 0 Å². The van der Waals surface area contributed by atoms with Crippen molar-refractivity contribution >= 4 is 11.9 Å². The van der Waals surface area contributed by atoms with Crippen LogP contribution in [0.3, 0.4) is 0 Å². The number of hydrogen-bond donors (Lipinski definition) is 2. The van der Waals surface area contributed by atoms with Crippen molar-refractivity contribution in [2.24, 2.45) is 5.41 Å². The van der Waals surface area contributed by atoms with Crippen molar-refractivity contribution in [1.82, 2.24) is 5.32 Å². The number of aliphatic carboxylic acids is 1. The first-order valence-electron chi connectivity index (χ1n) is 5.83. The van der Waals surface area contributed by atoms with Crippen LogP contribution in [0.4, 0.5) is 0 Å². The average molecular weight is 249 g/mol. The molecule has 1 aromatic carbocycles. The van der Waals surface area contributed by atoms with Gasteiger partial charge in [0.15, 0.2) is 0 Å². The summed E-state index contributed by atoms with van der Waals surface area (Å²) in [6.07, 6.45) is 0. The van der Waals surface area contributed by atoms with E-state index >= 15 is 0 Å². The zero-order valence-electron chi connectivity index (χ0n) is 11.2. The summed E-state index contributed by atoms with van der Waals surface area (Å²) >= 11 is 0. The number of rotatable bonds is 4. The number of nitrogens with one attached hydrogen (secondary N) is 1. The SMILES string of the molecule is Cc1ccc(CNC(=O)C(C)(C)C(=O)O)cc1C. The minimum atomic E-state index is -1.40. The van der Waals surface area contributed by atoms with Gasteiger partial charge in [0.1, 0.15) is 5.41 Å². The molecule has 0 saturated heterocycles. The Labute approximate surface area is 107 Å². The lowest BCUT2D eigenvalue weighted by atomic mass is 9.92. The van der Waals surface area contributed by atoms with Gasteiger partial charge in [-0.1, -0.05) is 18.2 Å². The first kappa shape index (κ1) is 14.2. The molecule has 0 aromatic heterocycles. The number of carboxylic acid groups (broad SMARTS) is 1. The number of amides is 1. The molecule has 0 radical (unpaired) electrons. The predicted molar refractivity (Wildman–Crippen MR) is 69.2 cm³/mol. The van der Waals surface area contributed by atoms with Crippen molar-refractivity contribution in [3.05, 3.63) is 34.9 Å². The van der Waals surface area contributed by atoms with Crippen LogP contribution < -0.4 is 5.32 Å². The molecule has 0 bridgehead atoms. The van der Waals surface area contributed by atoms with Gasteiger partial charge in [-0.3, -0.25) is 9.59 Å². The second kappa shape index (κ2) is 5.21. The Morgan fingerprint density at radius 3 is 2.33 bits per heavy atom. The molecular weight excluding hydrogens is 230 g/mol. The predicted octanol–water partition coefficient (Wildman–Crippen LogP) is 2.03. The Bertz CT molecular complexity index is 478. The summed E-state index contributed by atoms with van der Waals surface area (Å²) in [6, 6.07) is 5.90. The second-order valence-electron chi connectivity index (χ2n) is 5.03. The van der Waals surface area contributed by atoms with Crippen LogP contribution in [0, 0.1) is 19.3 Å². The van der Waals surface area contributed by atoms with Crippen LogP contribution in [-0.4, -0.2) is 17.0 Å². The zero-order valence-corrected chi connectivity index (χ0v) is 11.2. The molecular formula is C14H19NO3. The molecule has 1 rings (SSSR count). The minimum Gasteiger partial charge on any atom is -0.480 e. The summed E-state index contributed by atoms with van der Waals surface area (Å²) in [4.78, 5) is 22.7. The molecule has 0 aliphatic carbocycles. The highest BCUT2D eigenvalue weighted by atomic mass is 16.4. The lowest BCUT2D eigenvalue weighted by Crippen LogP contribution is -2.41. The third kappa shape index (κ3) is 3.09. The normalized spacial score (nSPS) is 11.1. The van der Waals surface area contributed by atoms with E-state index in [2.05, 4.69) is 5.32 Å². The van der Waals surface area contributed by atoms with E-state index in [1.807, 2.05) is 32.0 Å². The Balaban J connectivity index is 2.68. The van der Waals surface area contributed by atoms with E-state index in [9.17, 15) is 9.59 Å². The molecule has 98 valence electrons. The molecule has 1 aromatic rings. The quantitative estimate of drug-likeness (QED) is 0.802. The van der Waals surface area contributed by atoms with Crippen molar-refractivity contribution in [3.8, 4) is 0 Å². The van der Waals surface area contributed by atoms with Crippen molar-refractivity contribution in [2.75, 3.05) is 0 Å². The van der Waals surface area contributed by atoms with E-state index in [4.69, 9.17) is 5.11 Å². The summed E-state index contributed by atoms with van der Waals surface area (Å²) in [7, 11) is 0. The molecule has 0 unspecified atom stereocenters. The highest BCUT2D eigenvalue weighted by molar-refractivity contribution is 6.00. The summed E-state index contributed by atoms with van der Waals surface area (Å²) in [5.41, 5.74) is 1.91. The highest BCUT2D eigenvalue weighted by Crippen LogP contribution is 2.16. The van der Waals surface area contributed by atoms with E-state index in [0.717, 1.165) is 11.1 Å². The molecule has 0 spiro atoms. The van der Waals surface area contributed by atoms with Gasteiger partial charge in [-0.25, -0.2) is 0 Å².